The van der Waals surface area contributed by atoms with Crippen LogP contribution in [0.1, 0.15) is 22.7 Å². The molecule has 1 N–H and O–H groups in total. The summed E-state index contributed by atoms with van der Waals surface area (Å²) in [5, 5.41) is 11.1. The van der Waals surface area contributed by atoms with Gasteiger partial charge in [-0.1, -0.05) is 42.0 Å². The summed E-state index contributed by atoms with van der Waals surface area (Å²) in [6.07, 6.45) is 0. The van der Waals surface area contributed by atoms with E-state index in [2.05, 4.69) is 0 Å². The first kappa shape index (κ1) is 20.3. The fourth-order valence-electron chi connectivity index (χ4n) is 3.69. The third-order valence-corrected chi connectivity index (χ3v) is 5.29. The second-order valence-electron chi connectivity index (χ2n) is 7.29. The van der Waals surface area contributed by atoms with Crippen LogP contribution < -0.4 is 9.64 Å². The zero-order valence-corrected chi connectivity index (χ0v) is 17.0. The number of carbonyl (C=O) groups excluding carboxylic acids is 2. The number of aryl methyl sites for hydroxylation is 1. The quantitative estimate of drug-likeness (QED) is 0.377. The highest BCUT2D eigenvalue weighted by Crippen LogP contribution is 2.42. The molecular weight excluding hydrogens is 397 g/mol. The number of hydrogen-bond acceptors (Lipinski definition) is 4. The molecule has 4 rings (SSSR count). The Kier molecular flexibility index (Phi) is 5.29. The van der Waals surface area contributed by atoms with Crippen LogP contribution >= 0.6 is 0 Å². The summed E-state index contributed by atoms with van der Waals surface area (Å²) in [5.74, 6) is -1.84. The number of carbonyl (C=O) groups is 2. The van der Waals surface area contributed by atoms with E-state index in [1.54, 1.807) is 36.4 Å². The number of aliphatic hydroxyl groups excluding tert-OH is 1. The molecule has 1 amide bonds. The second kappa shape index (κ2) is 8.07. The van der Waals surface area contributed by atoms with Gasteiger partial charge in [-0.15, -0.1) is 0 Å². The molecule has 0 aliphatic carbocycles. The Bertz CT molecular complexity index is 1180. The summed E-state index contributed by atoms with van der Waals surface area (Å²) < 4.78 is 18.8. The first-order valence-electron chi connectivity index (χ1n) is 9.68. The van der Waals surface area contributed by atoms with Gasteiger partial charge in [0, 0.05) is 11.3 Å². The minimum Gasteiger partial charge on any atom is -0.507 e. The molecule has 3 aromatic carbocycles. The Labute approximate surface area is 179 Å². The molecule has 6 heteroatoms. The van der Waals surface area contributed by atoms with Gasteiger partial charge in [0.2, 0.25) is 0 Å². The van der Waals surface area contributed by atoms with Crippen LogP contribution in [-0.2, 0) is 9.59 Å². The van der Waals surface area contributed by atoms with Crippen LogP contribution in [0, 0.1) is 12.7 Å². The summed E-state index contributed by atoms with van der Waals surface area (Å²) in [4.78, 5) is 27.4. The number of benzene rings is 3. The van der Waals surface area contributed by atoms with Gasteiger partial charge in [0.15, 0.2) is 0 Å². The number of rotatable bonds is 4. The van der Waals surface area contributed by atoms with Gasteiger partial charge in [0.1, 0.15) is 17.3 Å². The smallest absolute Gasteiger partial charge is 0.300 e. The third kappa shape index (κ3) is 3.68. The van der Waals surface area contributed by atoms with E-state index in [9.17, 15) is 19.1 Å². The second-order valence-corrected chi connectivity index (χ2v) is 7.29. The minimum absolute atomic E-state index is 0.0644. The Morgan fingerprint density at radius 3 is 2.32 bits per heavy atom. The summed E-state index contributed by atoms with van der Waals surface area (Å²) in [6, 6.07) is 18.4. The molecule has 1 saturated heterocycles. The van der Waals surface area contributed by atoms with Gasteiger partial charge in [-0.05, 0) is 48.9 Å². The van der Waals surface area contributed by atoms with Crippen molar-refractivity contribution in [2.75, 3.05) is 12.0 Å². The van der Waals surface area contributed by atoms with Crippen molar-refractivity contribution in [1.29, 1.82) is 0 Å². The van der Waals surface area contributed by atoms with Gasteiger partial charge in [-0.3, -0.25) is 14.5 Å². The average Bonchev–Trinajstić information content (AvgIpc) is 3.05. The van der Waals surface area contributed by atoms with Crippen molar-refractivity contribution in [1.82, 2.24) is 0 Å². The van der Waals surface area contributed by atoms with E-state index in [0.29, 0.717) is 22.6 Å². The van der Waals surface area contributed by atoms with E-state index < -0.39 is 23.5 Å². The Balaban J connectivity index is 1.93. The SMILES string of the molecule is COc1cccc(/C(O)=C2/C(=O)C(=O)N(c3ccc(C)cc3)C2c2ccc(F)cc2)c1. The van der Waals surface area contributed by atoms with E-state index >= 15 is 0 Å². The number of ketones is 1. The third-order valence-electron chi connectivity index (χ3n) is 5.29. The molecule has 3 aromatic rings. The normalized spacial score (nSPS) is 17.8. The zero-order chi connectivity index (χ0) is 22.1. The molecule has 5 nitrogen and oxygen atoms in total. The van der Waals surface area contributed by atoms with Crippen LogP contribution in [0.5, 0.6) is 5.75 Å². The van der Waals surface area contributed by atoms with Crippen LogP contribution in [0.4, 0.5) is 10.1 Å². The van der Waals surface area contributed by atoms with Crippen molar-refractivity contribution < 1.29 is 23.8 Å². The summed E-state index contributed by atoms with van der Waals surface area (Å²) in [5.41, 5.74) is 2.28. The number of ether oxygens (including phenoxy) is 1. The van der Waals surface area contributed by atoms with Gasteiger partial charge in [0.05, 0.1) is 18.7 Å². The van der Waals surface area contributed by atoms with Crippen LogP contribution in [0.15, 0.2) is 78.4 Å². The molecule has 0 bridgehead atoms. The molecule has 156 valence electrons. The molecule has 0 aromatic heterocycles. The first-order chi connectivity index (χ1) is 14.9. The van der Waals surface area contributed by atoms with Crippen molar-refractivity contribution in [3.63, 3.8) is 0 Å². The summed E-state index contributed by atoms with van der Waals surface area (Å²) >= 11 is 0. The molecular formula is C25H20FNO4. The van der Waals surface area contributed by atoms with E-state index in [-0.39, 0.29) is 11.3 Å². The fourth-order valence-corrected chi connectivity index (χ4v) is 3.69. The maximum absolute atomic E-state index is 13.6. The average molecular weight is 417 g/mol. The van der Waals surface area contributed by atoms with Crippen LogP contribution in [0.25, 0.3) is 5.76 Å². The fraction of sp³-hybridized carbons (Fsp3) is 0.120. The highest BCUT2D eigenvalue weighted by molar-refractivity contribution is 6.51. The number of methoxy groups -OCH3 is 1. The minimum atomic E-state index is -0.908. The number of halogens is 1. The largest absolute Gasteiger partial charge is 0.507 e. The maximum Gasteiger partial charge on any atom is 0.300 e. The highest BCUT2D eigenvalue weighted by Gasteiger charge is 2.46. The molecule has 0 radical (unpaired) electrons. The topological polar surface area (TPSA) is 66.8 Å². The zero-order valence-electron chi connectivity index (χ0n) is 17.0. The lowest BCUT2D eigenvalue weighted by Gasteiger charge is -2.25. The molecule has 1 atom stereocenters. The summed E-state index contributed by atoms with van der Waals surface area (Å²) in [7, 11) is 1.49. The molecule has 1 aliphatic rings. The van der Waals surface area contributed by atoms with E-state index in [1.807, 2.05) is 19.1 Å². The molecule has 1 fully saturated rings. The number of hydrogen-bond donors (Lipinski definition) is 1. The predicted octanol–water partition coefficient (Wildman–Crippen LogP) is 4.77. The van der Waals surface area contributed by atoms with E-state index in [1.165, 1.54) is 36.3 Å². The number of nitrogens with zero attached hydrogens (tertiary/aromatic N) is 1. The van der Waals surface area contributed by atoms with Gasteiger partial charge in [0.25, 0.3) is 11.7 Å². The van der Waals surface area contributed by atoms with Crippen LogP contribution in [-0.4, -0.2) is 23.9 Å². The molecule has 31 heavy (non-hydrogen) atoms. The lowest BCUT2D eigenvalue weighted by atomic mass is 9.95. The molecule has 1 heterocycles. The van der Waals surface area contributed by atoms with Crippen molar-refractivity contribution in [3.05, 3.63) is 101 Å². The maximum atomic E-state index is 13.6. The van der Waals surface area contributed by atoms with Gasteiger partial charge < -0.3 is 9.84 Å². The first-order valence-corrected chi connectivity index (χ1v) is 9.68. The number of Topliss-reactive ketones (excluding diaryl/α,β-unsaturated/α-hetero) is 1. The van der Waals surface area contributed by atoms with Crippen LogP contribution in [0.2, 0.25) is 0 Å². The predicted molar refractivity (Wildman–Crippen MR) is 115 cm³/mol. The molecule has 1 aliphatic heterocycles. The number of anilines is 1. The van der Waals surface area contributed by atoms with E-state index in [4.69, 9.17) is 4.74 Å². The Morgan fingerprint density at radius 2 is 1.68 bits per heavy atom. The number of amides is 1. The van der Waals surface area contributed by atoms with Gasteiger partial charge >= 0.3 is 0 Å². The van der Waals surface area contributed by atoms with Crippen molar-refractivity contribution in [2.45, 2.75) is 13.0 Å². The van der Waals surface area contributed by atoms with Gasteiger partial charge in [-0.25, -0.2) is 4.39 Å². The highest BCUT2D eigenvalue weighted by atomic mass is 19.1. The van der Waals surface area contributed by atoms with Crippen molar-refractivity contribution in [3.8, 4) is 5.75 Å². The summed E-state index contributed by atoms with van der Waals surface area (Å²) in [6.45, 7) is 1.91. The monoisotopic (exact) mass is 417 g/mol. The lowest BCUT2D eigenvalue weighted by Crippen LogP contribution is -2.29. The molecule has 0 spiro atoms. The van der Waals surface area contributed by atoms with Crippen molar-refractivity contribution >= 4 is 23.1 Å². The standard InChI is InChI=1S/C25H20FNO4/c1-15-6-12-19(13-7-15)27-22(16-8-10-18(26)11-9-16)21(24(29)25(27)30)23(28)17-4-3-5-20(14-17)31-2/h3-14,22,28H,1-2H3/b23-21-. The molecule has 0 saturated carbocycles. The number of aliphatic hydroxyl groups is 1. The Hall–Kier alpha value is -3.93. The molecule has 1 unspecified atom stereocenters. The van der Waals surface area contributed by atoms with Crippen molar-refractivity contribution in [2.24, 2.45) is 0 Å². The lowest BCUT2D eigenvalue weighted by molar-refractivity contribution is -0.132. The van der Waals surface area contributed by atoms with Crippen LogP contribution in [0.3, 0.4) is 0 Å². The van der Waals surface area contributed by atoms with Gasteiger partial charge in [-0.2, -0.15) is 0 Å². The Morgan fingerprint density at radius 1 is 1.00 bits per heavy atom. The van der Waals surface area contributed by atoms with E-state index in [0.717, 1.165) is 5.56 Å².